The largest absolute Gasteiger partial charge is 0.481 e. The number of carbonyl (C=O) groups excluding carboxylic acids is 2. The van der Waals surface area contributed by atoms with E-state index in [2.05, 4.69) is 5.32 Å². The summed E-state index contributed by atoms with van der Waals surface area (Å²) in [6.45, 7) is 5.67. The van der Waals surface area contributed by atoms with Crippen LogP contribution >= 0.6 is 0 Å². The summed E-state index contributed by atoms with van der Waals surface area (Å²) in [6, 6.07) is -0.730. The van der Waals surface area contributed by atoms with Crippen molar-refractivity contribution in [3.05, 3.63) is 0 Å². The highest BCUT2D eigenvalue weighted by atomic mass is 16.5. The van der Waals surface area contributed by atoms with Crippen LogP contribution in [-0.2, 0) is 23.9 Å². The molecule has 0 bridgehead atoms. The lowest BCUT2D eigenvalue weighted by Gasteiger charge is -2.16. The van der Waals surface area contributed by atoms with Crippen LogP contribution in [0.1, 0.15) is 46.0 Å². The normalized spacial score (nSPS) is 11.9. The molecule has 0 aliphatic heterocycles. The van der Waals surface area contributed by atoms with Crippen molar-refractivity contribution in [2.24, 2.45) is 0 Å². The van der Waals surface area contributed by atoms with Crippen LogP contribution in [0.5, 0.6) is 0 Å². The number of nitrogens with one attached hydrogen (secondary N) is 1. The number of ether oxygens (including phenoxy) is 2. The third kappa shape index (κ3) is 11.2. The third-order valence-electron chi connectivity index (χ3n) is 2.98. The van der Waals surface area contributed by atoms with Crippen molar-refractivity contribution in [2.45, 2.75) is 52.0 Å². The average molecular weight is 317 g/mol. The van der Waals surface area contributed by atoms with Crippen molar-refractivity contribution in [2.75, 3.05) is 26.4 Å². The van der Waals surface area contributed by atoms with E-state index < -0.39 is 12.0 Å². The molecule has 0 aliphatic rings. The first-order chi connectivity index (χ1) is 10.5. The summed E-state index contributed by atoms with van der Waals surface area (Å²) >= 11 is 0. The minimum atomic E-state index is -0.984. The molecule has 0 rings (SSSR count). The second kappa shape index (κ2) is 13.2. The van der Waals surface area contributed by atoms with Crippen molar-refractivity contribution in [3.8, 4) is 0 Å². The van der Waals surface area contributed by atoms with E-state index in [0.29, 0.717) is 32.8 Å². The Hall–Kier alpha value is -1.47. The lowest BCUT2D eigenvalue weighted by molar-refractivity contribution is -0.137. The van der Waals surface area contributed by atoms with Crippen LogP contribution in [0.4, 0.5) is 0 Å². The zero-order valence-corrected chi connectivity index (χ0v) is 13.4. The van der Waals surface area contributed by atoms with Gasteiger partial charge in [0.25, 0.3) is 0 Å². The molecule has 2 N–H and O–H groups in total. The Morgan fingerprint density at radius 3 is 2.32 bits per heavy atom. The zero-order valence-electron chi connectivity index (χ0n) is 13.4. The predicted octanol–water partition coefficient (Wildman–Crippen LogP) is 1.15. The summed E-state index contributed by atoms with van der Waals surface area (Å²) in [5.41, 5.74) is 0. The molecule has 128 valence electrons. The molecule has 0 saturated heterocycles. The number of aliphatic carboxylic acids is 1. The number of hydrogen-bond acceptors (Lipinski definition) is 5. The minimum absolute atomic E-state index is 0.116. The van der Waals surface area contributed by atoms with Gasteiger partial charge in [0, 0.05) is 32.5 Å². The van der Waals surface area contributed by atoms with Crippen LogP contribution in [0.3, 0.4) is 0 Å². The fraction of sp³-hybridized carbons (Fsp3) is 0.800. The van der Waals surface area contributed by atoms with Gasteiger partial charge in [-0.25, -0.2) is 0 Å². The number of amides is 1. The molecule has 0 saturated carbocycles. The van der Waals surface area contributed by atoms with E-state index in [1.807, 2.05) is 6.92 Å². The van der Waals surface area contributed by atoms with E-state index >= 15 is 0 Å². The zero-order chi connectivity index (χ0) is 16.8. The van der Waals surface area contributed by atoms with Gasteiger partial charge in [-0.1, -0.05) is 6.92 Å². The van der Waals surface area contributed by atoms with Gasteiger partial charge < -0.3 is 19.9 Å². The molecule has 0 spiro atoms. The molecule has 0 radical (unpaired) electrons. The third-order valence-corrected chi connectivity index (χ3v) is 2.98. The lowest BCUT2D eigenvalue weighted by Crippen LogP contribution is -2.41. The number of rotatable bonds is 14. The first-order valence-electron chi connectivity index (χ1n) is 7.70. The fourth-order valence-electron chi connectivity index (χ4n) is 1.76. The molecule has 0 aromatic carbocycles. The summed E-state index contributed by atoms with van der Waals surface area (Å²) in [4.78, 5) is 34.1. The molecule has 7 nitrogen and oxygen atoms in total. The number of carboxylic acids is 1. The maximum absolute atomic E-state index is 12.1. The van der Waals surface area contributed by atoms with Crippen molar-refractivity contribution in [1.29, 1.82) is 0 Å². The molecule has 0 aromatic heterocycles. The fourth-order valence-corrected chi connectivity index (χ4v) is 1.76. The predicted molar refractivity (Wildman–Crippen MR) is 80.6 cm³/mol. The summed E-state index contributed by atoms with van der Waals surface area (Å²) in [6.07, 6.45) is 1.02. The Labute approximate surface area is 131 Å². The molecule has 0 heterocycles. The van der Waals surface area contributed by atoms with E-state index in [1.165, 1.54) is 0 Å². The highest BCUT2D eigenvalue weighted by Crippen LogP contribution is 2.05. The number of ketones is 1. The van der Waals surface area contributed by atoms with Crippen molar-refractivity contribution < 1.29 is 29.0 Å². The first-order valence-corrected chi connectivity index (χ1v) is 7.70. The highest BCUT2D eigenvalue weighted by molar-refractivity contribution is 5.89. The second-order valence-electron chi connectivity index (χ2n) is 4.79. The van der Waals surface area contributed by atoms with Gasteiger partial charge in [-0.05, 0) is 19.8 Å². The first kappa shape index (κ1) is 20.5. The van der Waals surface area contributed by atoms with E-state index in [9.17, 15) is 14.4 Å². The molecular weight excluding hydrogens is 290 g/mol. The van der Waals surface area contributed by atoms with Crippen LogP contribution in [0.2, 0.25) is 0 Å². The van der Waals surface area contributed by atoms with Gasteiger partial charge in [-0.2, -0.15) is 0 Å². The Balaban J connectivity index is 4.04. The Bertz CT molecular complexity index is 345. The monoisotopic (exact) mass is 317 g/mol. The molecule has 0 aromatic rings. The molecule has 0 unspecified atom stereocenters. The SMILES string of the molecule is CCOCCOCCCC(=O)[C@H](CCC(=O)O)NC(=O)CC. The van der Waals surface area contributed by atoms with Crippen molar-refractivity contribution in [3.63, 3.8) is 0 Å². The standard InChI is InChI=1S/C15H27NO6/c1-3-14(18)16-12(7-8-15(19)20)13(17)6-5-9-22-11-10-21-4-2/h12H,3-11H2,1-2H3,(H,16,18)(H,19,20)/t12-/m0/s1. The summed E-state index contributed by atoms with van der Waals surface area (Å²) in [5.74, 6) is -1.39. The number of carbonyl (C=O) groups is 3. The molecule has 1 amide bonds. The van der Waals surface area contributed by atoms with Gasteiger partial charge in [-0.15, -0.1) is 0 Å². The van der Waals surface area contributed by atoms with Gasteiger partial charge in [0.15, 0.2) is 5.78 Å². The maximum atomic E-state index is 12.1. The minimum Gasteiger partial charge on any atom is -0.481 e. The molecular formula is C15H27NO6. The van der Waals surface area contributed by atoms with E-state index in [0.717, 1.165) is 0 Å². The van der Waals surface area contributed by atoms with Gasteiger partial charge >= 0.3 is 5.97 Å². The molecule has 1 atom stereocenters. The number of carboxylic acid groups (broad SMARTS) is 1. The van der Waals surface area contributed by atoms with E-state index in [-0.39, 0.29) is 37.4 Å². The second-order valence-corrected chi connectivity index (χ2v) is 4.79. The van der Waals surface area contributed by atoms with Gasteiger partial charge in [0.1, 0.15) is 0 Å². The molecule has 22 heavy (non-hydrogen) atoms. The van der Waals surface area contributed by atoms with Crippen molar-refractivity contribution in [1.82, 2.24) is 5.32 Å². The quantitative estimate of drug-likeness (QED) is 0.466. The van der Waals surface area contributed by atoms with Crippen LogP contribution in [-0.4, -0.2) is 55.2 Å². The highest BCUT2D eigenvalue weighted by Gasteiger charge is 2.20. The Morgan fingerprint density at radius 2 is 1.73 bits per heavy atom. The van der Waals surface area contributed by atoms with Gasteiger partial charge in [0.2, 0.25) is 5.91 Å². The number of Topliss-reactive ketones (excluding diaryl/α,β-unsaturated/α-hetero) is 1. The molecule has 0 fully saturated rings. The van der Waals surface area contributed by atoms with Crippen LogP contribution in [0.25, 0.3) is 0 Å². The molecule has 7 heteroatoms. The van der Waals surface area contributed by atoms with Crippen LogP contribution < -0.4 is 5.32 Å². The average Bonchev–Trinajstić information content (AvgIpc) is 2.49. The molecule has 0 aliphatic carbocycles. The van der Waals surface area contributed by atoms with Gasteiger partial charge in [-0.3, -0.25) is 14.4 Å². The lowest BCUT2D eigenvalue weighted by atomic mass is 10.0. The topological polar surface area (TPSA) is 102 Å². The van der Waals surface area contributed by atoms with Crippen molar-refractivity contribution >= 4 is 17.7 Å². The van der Waals surface area contributed by atoms with E-state index in [4.69, 9.17) is 14.6 Å². The van der Waals surface area contributed by atoms with Crippen LogP contribution in [0.15, 0.2) is 0 Å². The summed E-state index contributed by atoms with van der Waals surface area (Å²) < 4.78 is 10.4. The van der Waals surface area contributed by atoms with Gasteiger partial charge in [0.05, 0.1) is 19.3 Å². The number of hydrogen-bond donors (Lipinski definition) is 2. The maximum Gasteiger partial charge on any atom is 0.303 e. The Kier molecular flexibility index (Phi) is 12.3. The van der Waals surface area contributed by atoms with E-state index in [1.54, 1.807) is 6.92 Å². The van der Waals surface area contributed by atoms with Crippen LogP contribution in [0, 0.1) is 0 Å². The summed E-state index contributed by atoms with van der Waals surface area (Å²) in [5, 5.41) is 11.3. The smallest absolute Gasteiger partial charge is 0.303 e. The Morgan fingerprint density at radius 1 is 1.05 bits per heavy atom. The summed E-state index contributed by atoms with van der Waals surface area (Å²) in [7, 11) is 0.